The number of nitrogens with one attached hydrogen (secondary N) is 1. The fraction of sp³-hybridized carbons (Fsp3) is 0.538. The quantitative estimate of drug-likeness (QED) is 0.858. The normalized spacial score (nSPS) is 19.7. The van der Waals surface area contributed by atoms with Crippen molar-refractivity contribution in [3.8, 4) is 0 Å². The standard InChI is InChI=1S/C13H18BrN/c1-9-8-11(4-5-12(9)14)15-10(2)13(3)6-7-13/h4-5,8,10,15H,6-7H2,1-3H3. The Labute approximate surface area is 100 Å². The van der Waals surface area contributed by atoms with Crippen molar-refractivity contribution >= 4 is 21.6 Å². The highest BCUT2D eigenvalue weighted by Crippen LogP contribution is 2.48. The molecule has 1 fully saturated rings. The maximum absolute atomic E-state index is 3.59. The van der Waals surface area contributed by atoms with Gasteiger partial charge in [0.2, 0.25) is 0 Å². The Morgan fingerprint density at radius 1 is 1.40 bits per heavy atom. The van der Waals surface area contributed by atoms with Crippen molar-refractivity contribution in [2.24, 2.45) is 5.41 Å². The first kappa shape index (κ1) is 11.0. The molecule has 0 radical (unpaired) electrons. The summed E-state index contributed by atoms with van der Waals surface area (Å²) in [6, 6.07) is 7.02. The lowest BCUT2D eigenvalue weighted by molar-refractivity contribution is 0.493. The van der Waals surface area contributed by atoms with Gasteiger partial charge in [-0.05, 0) is 55.9 Å². The summed E-state index contributed by atoms with van der Waals surface area (Å²) in [5.74, 6) is 0. The second kappa shape index (κ2) is 3.82. The van der Waals surface area contributed by atoms with Gasteiger partial charge >= 0.3 is 0 Å². The van der Waals surface area contributed by atoms with E-state index in [-0.39, 0.29) is 0 Å². The molecule has 15 heavy (non-hydrogen) atoms. The third-order valence-electron chi connectivity index (χ3n) is 3.63. The lowest BCUT2D eigenvalue weighted by Gasteiger charge is -2.22. The molecule has 1 unspecified atom stereocenters. The van der Waals surface area contributed by atoms with Gasteiger partial charge < -0.3 is 5.32 Å². The Hall–Kier alpha value is -0.500. The van der Waals surface area contributed by atoms with Crippen LogP contribution in [-0.4, -0.2) is 6.04 Å². The molecule has 1 aromatic carbocycles. The Morgan fingerprint density at radius 3 is 2.60 bits per heavy atom. The van der Waals surface area contributed by atoms with E-state index in [4.69, 9.17) is 0 Å². The third kappa shape index (κ3) is 2.36. The first-order chi connectivity index (χ1) is 7.01. The first-order valence-electron chi connectivity index (χ1n) is 5.54. The van der Waals surface area contributed by atoms with E-state index in [1.807, 2.05) is 0 Å². The second-order valence-corrected chi connectivity index (χ2v) is 5.84. The molecule has 1 aromatic rings. The van der Waals surface area contributed by atoms with Gasteiger partial charge in [0.15, 0.2) is 0 Å². The number of benzene rings is 1. The number of aryl methyl sites for hydroxylation is 1. The lowest BCUT2D eigenvalue weighted by Crippen LogP contribution is -2.24. The van der Waals surface area contributed by atoms with Crippen LogP contribution in [0.2, 0.25) is 0 Å². The fourth-order valence-corrected chi connectivity index (χ4v) is 2.04. The van der Waals surface area contributed by atoms with Crippen LogP contribution in [0.1, 0.15) is 32.3 Å². The number of anilines is 1. The predicted octanol–water partition coefficient (Wildman–Crippen LogP) is 4.36. The van der Waals surface area contributed by atoms with Gasteiger partial charge in [0.25, 0.3) is 0 Å². The van der Waals surface area contributed by atoms with Gasteiger partial charge in [0.05, 0.1) is 0 Å². The van der Waals surface area contributed by atoms with Crippen molar-refractivity contribution in [2.75, 3.05) is 5.32 Å². The maximum Gasteiger partial charge on any atom is 0.0345 e. The molecular formula is C13H18BrN. The summed E-state index contributed by atoms with van der Waals surface area (Å²) in [5.41, 5.74) is 3.05. The molecule has 2 heteroatoms. The van der Waals surface area contributed by atoms with Gasteiger partial charge in [-0.2, -0.15) is 0 Å². The highest BCUT2D eigenvalue weighted by atomic mass is 79.9. The molecule has 0 spiro atoms. The molecular weight excluding hydrogens is 250 g/mol. The molecule has 0 bridgehead atoms. The van der Waals surface area contributed by atoms with E-state index in [0.29, 0.717) is 11.5 Å². The van der Waals surface area contributed by atoms with Crippen molar-refractivity contribution in [1.29, 1.82) is 0 Å². The van der Waals surface area contributed by atoms with Crippen molar-refractivity contribution in [1.82, 2.24) is 0 Å². The summed E-state index contributed by atoms with van der Waals surface area (Å²) in [6.45, 7) is 6.76. The fourth-order valence-electron chi connectivity index (χ4n) is 1.79. The van der Waals surface area contributed by atoms with Crippen LogP contribution < -0.4 is 5.32 Å². The Bertz CT molecular complexity index is 369. The average Bonchev–Trinajstić information content (AvgIpc) is 2.92. The van der Waals surface area contributed by atoms with E-state index in [2.05, 4.69) is 60.2 Å². The number of halogens is 1. The van der Waals surface area contributed by atoms with Crippen LogP contribution in [0.3, 0.4) is 0 Å². The summed E-state index contributed by atoms with van der Waals surface area (Å²) in [5, 5.41) is 3.59. The van der Waals surface area contributed by atoms with Crippen LogP contribution in [0.25, 0.3) is 0 Å². The van der Waals surface area contributed by atoms with E-state index in [0.717, 1.165) is 0 Å². The van der Waals surface area contributed by atoms with E-state index in [9.17, 15) is 0 Å². The van der Waals surface area contributed by atoms with E-state index in [1.54, 1.807) is 0 Å². The molecule has 1 aliphatic rings. The zero-order chi connectivity index (χ0) is 11.1. The molecule has 0 aromatic heterocycles. The third-order valence-corrected chi connectivity index (χ3v) is 4.51. The number of hydrogen-bond donors (Lipinski definition) is 1. The van der Waals surface area contributed by atoms with Gasteiger partial charge in [-0.3, -0.25) is 0 Å². The van der Waals surface area contributed by atoms with Crippen LogP contribution >= 0.6 is 15.9 Å². The summed E-state index contributed by atoms with van der Waals surface area (Å²) in [4.78, 5) is 0. The van der Waals surface area contributed by atoms with Gasteiger partial charge in [-0.1, -0.05) is 22.9 Å². The van der Waals surface area contributed by atoms with E-state index < -0.39 is 0 Å². The Kier molecular flexibility index (Phi) is 2.80. The van der Waals surface area contributed by atoms with Crippen LogP contribution in [0, 0.1) is 12.3 Å². The monoisotopic (exact) mass is 267 g/mol. The lowest BCUT2D eigenvalue weighted by atomic mass is 10.0. The molecule has 0 amide bonds. The minimum atomic E-state index is 0.529. The summed E-state index contributed by atoms with van der Waals surface area (Å²) < 4.78 is 1.18. The molecule has 1 atom stereocenters. The van der Waals surface area contributed by atoms with Crippen LogP contribution in [0.15, 0.2) is 22.7 Å². The van der Waals surface area contributed by atoms with Crippen molar-refractivity contribution in [2.45, 2.75) is 39.7 Å². The smallest absolute Gasteiger partial charge is 0.0345 e. The van der Waals surface area contributed by atoms with Gasteiger partial charge in [-0.25, -0.2) is 0 Å². The van der Waals surface area contributed by atoms with Crippen LogP contribution in [0.4, 0.5) is 5.69 Å². The molecule has 2 rings (SSSR count). The van der Waals surface area contributed by atoms with E-state index >= 15 is 0 Å². The highest BCUT2D eigenvalue weighted by molar-refractivity contribution is 9.10. The minimum Gasteiger partial charge on any atom is -0.382 e. The number of hydrogen-bond acceptors (Lipinski definition) is 1. The Morgan fingerprint density at radius 2 is 2.07 bits per heavy atom. The summed E-state index contributed by atoms with van der Waals surface area (Å²) >= 11 is 3.52. The molecule has 0 saturated heterocycles. The predicted molar refractivity (Wildman–Crippen MR) is 69.3 cm³/mol. The minimum absolute atomic E-state index is 0.529. The topological polar surface area (TPSA) is 12.0 Å². The SMILES string of the molecule is Cc1cc(NC(C)C2(C)CC2)ccc1Br. The molecule has 1 N–H and O–H groups in total. The molecule has 1 saturated carbocycles. The second-order valence-electron chi connectivity index (χ2n) is 4.98. The highest BCUT2D eigenvalue weighted by Gasteiger charge is 2.42. The maximum atomic E-state index is 3.59. The van der Waals surface area contributed by atoms with Crippen molar-refractivity contribution in [3.63, 3.8) is 0 Å². The molecule has 82 valence electrons. The summed E-state index contributed by atoms with van der Waals surface area (Å²) in [6.07, 6.45) is 2.72. The largest absolute Gasteiger partial charge is 0.382 e. The van der Waals surface area contributed by atoms with Gasteiger partial charge in [0.1, 0.15) is 0 Å². The number of rotatable bonds is 3. The molecule has 1 nitrogen and oxygen atoms in total. The average molecular weight is 268 g/mol. The zero-order valence-electron chi connectivity index (χ0n) is 9.60. The van der Waals surface area contributed by atoms with Crippen LogP contribution in [0.5, 0.6) is 0 Å². The molecule has 0 aliphatic heterocycles. The van der Waals surface area contributed by atoms with E-state index in [1.165, 1.54) is 28.6 Å². The van der Waals surface area contributed by atoms with Crippen molar-refractivity contribution < 1.29 is 0 Å². The summed E-state index contributed by atoms with van der Waals surface area (Å²) in [7, 11) is 0. The first-order valence-corrected chi connectivity index (χ1v) is 6.33. The Balaban J connectivity index is 2.07. The molecule has 0 heterocycles. The van der Waals surface area contributed by atoms with Crippen molar-refractivity contribution in [3.05, 3.63) is 28.2 Å². The van der Waals surface area contributed by atoms with Gasteiger partial charge in [-0.15, -0.1) is 0 Å². The van der Waals surface area contributed by atoms with Gasteiger partial charge in [0, 0.05) is 16.2 Å². The zero-order valence-corrected chi connectivity index (χ0v) is 11.2. The molecule has 1 aliphatic carbocycles. The van der Waals surface area contributed by atoms with Crippen LogP contribution in [-0.2, 0) is 0 Å².